The largest absolute Gasteiger partial charge is 0.456 e. The standard InChI is InChI=1S/C16H12F4O2S/c1-9-5-13(15(22-9)16(18,19)20)14(21)8-12(23)7-10-3-2-4-11(17)6-10/h2-6H,7-8H2,1H3. The van der Waals surface area contributed by atoms with Gasteiger partial charge in [-0.25, -0.2) is 4.39 Å². The number of furan rings is 1. The number of carbonyl (C=O) groups excluding carboxylic acids is 1. The van der Waals surface area contributed by atoms with E-state index in [1.165, 1.54) is 25.1 Å². The lowest BCUT2D eigenvalue weighted by Crippen LogP contribution is -2.14. The molecule has 1 aromatic heterocycles. The van der Waals surface area contributed by atoms with Gasteiger partial charge in [0.25, 0.3) is 0 Å². The number of benzene rings is 1. The summed E-state index contributed by atoms with van der Waals surface area (Å²) in [6.07, 6.45) is -4.95. The molecule has 0 radical (unpaired) electrons. The van der Waals surface area contributed by atoms with E-state index in [4.69, 9.17) is 12.2 Å². The third-order valence-electron chi connectivity index (χ3n) is 3.06. The summed E-state index contributed by atoms with van der Waals surface area (Å²) in [7, 11) is 0. The van der Waals surface area contributed by atoms with Gasteiger partial charge in [0.15, 0.2) is 5.78 Å². The molecule has 0 aliphatic rings. The second-order valence-electron chi connectivity index (χ2n) is 5.04. The molecule has 7 heteroatoms. The molecule has 0 bridgehead atoms. The molecule has 0 amide bonds. The van der Waals surface area contributed by atoms with E-state index in [-0.39, 0.29) is 23.5 Å². The number of aryl methyl sites for hydroxylation is 1. The average molecular weight is 344 g/mol. The van der Waals surface area contributed by atoms with Crippen LogP contribution in [0.25, 0.3) is 0 Å². The second-order valence-corrected chi connectivity index (χ2v) is 5.62. The molecule has 1 aromatic carbocycles. The fourth-order valence-corrected chi connectivity index (χ4v) is 2.44. The summed E-state index contributed by atoms with van der Waals surface area (Å²) < 4.78 is 56.2. The molecule has 0 N–H and O–H groups in total. The van der Waals surface area contributed by atoms with Gasteiger partial charge in [0.2, 0.25) is 5.76 Å². The van der Waals surface area contributed by atoms with Crippen LogP contribution in [0.4, 0.5) is 17.6 Å². The lowest BCUT2D eigenvalue weighted by molar-refractivity contribution is -0.153. The van der Waals surface area contributed by atoms with Crippen molar-refractivity contribution in [2.24, 2.45) is 0 Å². The molecule has 1 heterocycles. The maximum atomic E-state index is 13.1. The molecular weight excluding hydrogens is 332 g/mol. The average Bonchev–Trinajstić information content (AvgIpc) is 2.80. The monoisotopic (exact) mass is 344 g/mol. The Balaban J connectivity index is 2.12. The third kappa shape index (κ3) is 4.48. The molecule has 2 aromatic rings. The highest BCUT2D eigenvalue weighted by atomic mass is 32.1. The van der Waals surface area contributed by atoms with Crippen molar-refractivity contribution in [3.63, 3.8) is 0 Å². The van der Waals surface area contributed by atoms with E-state index in [0.29, 0.717) is 5.56 Å². The van der Waals surface area contributed by atoms with Gasteiger partial charge < -0.3 is 4.42 Å². The summed E-state index contributed by atoms with van der Waals surface area (Å²) in [5.41, 5.74) is 0.0267. The van der Waals surface area contributed by atoms with Crippen molar-refractivity contribution in [3.05, 3.63) is 58.8 Å². The Labute approximate surface area is 135 Å². The number of halogens is 4. The van der Waals surface area contributed by atoms with E-state index in [2.05, 4.69) is 4.42 Å². The zero-order valence-electron chi connectivity index (χ0n) is 12.0. The van der Waals surface area contributed by atoms with E-state index >= 15 is 0 Å². The first-order chi connectivity index (χ1) is 10.7. The predicted molar refractivity (Wildman–Crippen MR) is 80.1 cm³/mol. The van der Waals surface area contributed by atoms with E-state index < -0.39 is 29.1 Å². The number of ketones is 1. The Bertz CT molecular complexity index is 747. The van der Waals surface area contributed by atoms with Gasteiger partial charge in [-0.05, 0) is 30.7 Å². The quantitative estimate of drug-likeness (QED) is 0.438. The molecule has 0 saturated carbocycles. The number of hydrogen-bond donors (Lipinski definition) is 0. The third-order valence-corrected chi connectivity index (χ3v) is 3.35. The van der Waals surface area contributed by atoms with Gasteiger partial charge in [0.05, 0.1) is 5.56 Å². The van der Waals surface area contributed by atoms with Gasteiger partial charge in [0, 0.05) is 17.7 Å². The highest BCUT2D eigenvalue weighted by molar-refractivity contribution is 7.80. The topological polar surface area (TPSA) is 30.2 Å². The number of alkyl halides is 3. The molecule has 0 fully saturated rings. The molecule has 2 rings (SSSR count). The number of thiocarbonyl (C=S) groups is 1. The second kappa shape index (κ2) is 6.62. The van der Waals surface area contributed by atoms with Crippen LogP contribution in [0.3, 0.4) is 0 Å². The van der Waals surface area contributed by atoms with Crippen molar-refractivity contribution in [1.29, 1.82) is 0 Å². The van der Waals surface area contributed by atoms with Crippen molar-refractivity contribution in [2.75, 3.05) is 0 Å². The van der Waals surface area contributed by atoms with Crippen LogP contribution in [0.5, 0.6) is 0 Å². The molecule has 0 saturated heterocycles. The SMILES string of the molecule is Cc1cc(C(=O)CC(=S)Cc2cccc(F)c2)c(C(F)(F)F)o1. The van der Waals surface area contributed by atoms with Crippen LogP contribution in [-0.4, -0.2) is 10.6 Å². The Morgan fingerprint density at radius 2 is 1.96 bits per heavy atom. The van der Waals surface area contributed by atoms with E-state index in [9.17, 15) is 22.4 Å². The maximum Gasteiger partial charge on any atom is 0.450 e. The number of hydrogen-bond acceptors (Lipinski definition) is 3. The van der Waals surface area contributed by atoms with Crippen LogP contribution in [0, 0.1) is 12.7 Å². The number of carbonyl (C=O) groups is 1. The Morgan fingerprint density at radius 3 is 2.57 bits per heavy atom. The van der Waals surface area contributed by atoms with Gasteiger partial charge >= 0.3 is 6.18 Å². The summed E-state index contributed by atoms with van der Waals surface area (Å²) >= 11 is 5.04. The summed E-state index contributed by atoms with van der Waals surface area (Å²) in [6, 6.07) is 6.71. The van der Waals surface area contributed by atoms with Gasteiger partial charge in [-0.15, -0.1) is 0 Å². The molecule has 2 nitrogen and oxygen atoms in total. The van der Waals surface area contributed by atoms with Crippen LogP contribution >= 0.6 is 12.2 Å². The van der Waals surface area contributed by atoms with Crippen molar-refractivity contribution in [1.82, 2.24) is 0 Å². The van der Waals surface area contributed by atoms with Crippen LogP contribution < -0.4 is 0 Å². The molecule has 0 aliphatic carbocycles. The summed E-state index contributed by atoms with van der Waals surface area (Å²) in [5.74, 6) is -2.53. The maximum absolute atomic E-state index is 13.1. The van der Waals surface area contributed by atoms with E-state index in [0.717, 1.165) is 6.07 Å². The minimum Gasteiger partial charge on any atom is -0.456 e. The fourth-order valence-electron chi connectivity index (χ4n) is 2.14. The smallest absolute Gasteiger partial charge is 0.450 e. The summed E-state index contributed by atoms with van der Waals surface area (Å²) in [4.78, 5) is 12.3. The molecule has 122 valence electrons. The minimum atomic E-state index is -4.75. The Morgan fingerprint density at radius 1 is 1.26 bits per heavy atom. The molecule has 0 aliphatic heterocycles. The van der Waals surface area contributed by atoms with Crippen LogP contribution in [0.1, 0.15) is 33.9 Å². The van der Waals surface area contributed by atoms with Crippen molar-refractivity contribution >= 4 is 22.9 Å². The molecular formula is C16H12F4O2S. The lowest BCUT2D eigenvalue weighted by atomic mass is 10.0. The minimum absolute atomic E-state index is 0.00303. The number of rotatable bonds is 5. The van der Waals surface area contributed by atoms with Gasteiger partial charge in [-0.3, -0.25) is 4.79 Å². The molecule has 23 heavy (non-hydrogen) atoms. The first kappa shape index (κ1) is 17.3. The molecule has 0 atom stereocenters. The highest BCUT2D eigenvalue weighted by Gasteiger charge is 2.39. The van der Waals surface area contributed by atoms with Crippen molar-refractivity contribution in [2.45, 2.75) is 25.9 Å². The molecule has 0 unspecified atom stereocenters. The first-order valence-corrected chi connectivity index (χ1v) is 7.04. The van der Waals surface area contributed by atoms with Crippen LogP contribution in [0.2, 0.25) is 0 Å². The van der Waals surface area contributed by atoms with E-state index in [1.807, 2.05) is 0 Å². The summed E-state index contributed by atoms with van der Waals surface area (Å²) in [6.45, 7) is 1.33. The van der Waals surface area contributed by atoms with Crippen LogP contribution in [0.15, 0.2) is 34.7 Å². The van der Waals surface area contributed by atoms with Crippen molar-refractivity contribution in [3.8, 4) is 0 Å². The summed E-state index contributed by atoms with van der Waals surface area (Å²) in [5, 5.41) is 0. The Kier molecular flexibility index (Phi) is 4.99. The number of Topliss-reactive ketones (excluding diaryl/α,β-unsaturated/α-hetero) is 1. The fraction of sp³-hybridized carbons (Fsp3) is 0.250. The Hall–Kier alpha value is -2.02. The first-order valence-electron chi connectivity index (χ1n) is 6.64. The highest BCUT2D eigenvalue weighted by Crippen LogP contribution is 2.34. The molecule has 0 spiro atoms. The van der Waals surface area contributed by atoms with Crippen molar-refractivity contribution < 1.29 is 26.8 Å². The normalized spacial score (nSPS) is 11.5. The zero-order chi connectivity index (χ0) is 17.2. The van der Waals surface area contributed by atoms with Gasteiger partial charge in [0.1, 0.15) is 11.6 Å². The van der Waals surface area contributed by atoms with Gasteiger partial charge in [-0.2, -0.15) is 13.2 Å². The lowest BCUT2D eigenvalue weighted by Gasteiger charge is -2.07. The predicted octanol–water partition coefficient (Wildman–Crippen LogP) is 4.93. The zero-order valence-corrected chi connectivity index (χ0v) is 12.9. The van der Waals surface area contributed by atoms with E-state index in [1.54, 1.807) is 6.07 Å². The van der Waals surface area contributed by atoms with Gasteiger partial charge in [-0.1, -0.05) is 24.4 Å². The van der Waals surface area contributed by atoms with Crippen LogP contribution in [-0.2, 0) is 12.6 Å².